The molecule has 2 aromatic carbocycles. The lowest BCUT2D eigenvalue weighted by atomic mass is 10.0. The number of thiazole rings is 1. The van der Waals surface area contributed by atoms with E-state index in [1.54, 1.807) is 24.6 Å². The molecule has 0 fully saturated rings. The first-order valence-corrected chi connectivity index (χ1v) is 15.4. The van der Waals surface area contributed by atoms with Crippen LogP contribution >= 0.6 is 11.3 Å². The maximum atomic E-state index is 13.8. The average Bonchev–Trinajstić information content (AvgIpc) is 3.40. The summed E-state index contributed by atoms with van der Waals surface area (Å²) in [5.41, 5.74) is 3.21. The molecule has 0 aliphatic heterocycles. The van der Waals surface area contributed by atoms with Crippen LogP contribution in [0.5, 0.6) is 0 Å². The maximum absolute atomic E-state index is 13.8. The summed E-state index contributed by atoms with van der Waals surface area (Å²) in [6, 6.07) is 13.1. The number of fused-ring (bicyclic) bond motifs is 1. The van der Waals surface area contributed by atoms with Crippen LogP contribution in [0.2, 0.25) is 0 Å². The predicted octanol–water partition coefficient (Wildman–Crippen LogP) is 3.98. The molecule has 0 saturated heterocycles. The summed E-state index contributed by atoms with van der Waals surface area (Å²) in [6.07, 6.45) is -2.01. The van der Waals surface area contributed by atoms with E-state index in [0.29, 0.717) is 5.52 Å². The molecule has 218 valence electrons. The normalized spacial score (nSPS) is 14.8. The summed E-state index contributed by atoms with van der Waals surface area (Å²) in [6.45, 7) is 5.42. The third-order valence-electron chi connectivity index (χ3n) is 6.60. The quantitative estimate of drug-likeness (QED) is 0.269. The number of methoxy groups -OCH3 is 1. The zero-order valence-corrected chi connectivity index (χ0v) is 24.8. The lowest BCUT2D eigenvalue weighted by molar-refractivity contribution is -0.142. The summed E-state index contributed by atoms with van der Waals surface area (Å²) in [5, 5.41) is 14.1. The van der Waals surface area contributed by atoms with E-state index in [4.69, 9.17) is 4.74 Å². The van der Waals surface area contributed by atoms with Gasteiger partial charge in [0.25, 0.3) is 0 Å². The highest BCUT2D eigenvalue weighted by Crippen LogP contribution is 2.25. The number of aliphatic hydroxyl groups is 1. The third kappa shape index (κ3) is 8.72. The van der Waals surface area contributed by atoms with Crippen molar-refractivity contribution in [3.05, 3.63) is 59.6 Å². The van der Waals surface area contributed by atoms with E-state index in [9.17, 15) is 23.1 Å². The van der Waals surface area contributed by atoms with Crippen molar-refractivity contribution in [2.75, 3.05) is 20.2 Å². The Hall–Kier alpha value is -3.06. The zero-order chi connectivity index (χ0) is 29.3. The maximum Gasteiger partial charge on any atom is 0.407 e. The molecule has 0 aliphatic carbocycles. The molecule has 10 nitrogen and oxygen atoms in total. The Bertz CT molecular complexity index is 1360. The van der Waals surface area contributed by atoms with E-state index in [1.807, 2.05) is 44.2 Å². The van der Waals surface area contributed by atoms with Crippen LogP contribution in [0.1, 0.15) is 39.2 Å². The second-order valence-electron chi connectivity index (χ2n) is 9.82. The second kappa shape index (κ2) is 14.5. The molecular weight excluding hydrogens is 554 g/mol. The first-order valence-electron chi connectivity index (χ1n) is 13.1. The van der Waals surface area contributed by atoms with Gasteiger partial charge in [-0.25, -0.2) is 18.2 Å². The van der Waals surface area contributed by atoms with Crippen molar-refractivity contribution < 1.29 is 32.6 Å². The molecule has 40 heavy (non-hydrogen) atoms. The summed E-state index contributed by atoms with van der Waals surface area (Å²) in [5.74, 6) is -0.498. The van der Waals surface area contributed by atoms with E-state index in [1.165, 1.54) is 28.8 Å². The molecule has 0 unspecified atom stereocenters. The van der Waals surface area contributed by atoms with Gasteiger partial charge in [0.1, 0.15) is 6.10 Å². The highest BCUT2D eigenvalue weighted by molar-refractivity contribution is 7.89. The van der Waals surface area contributed by atoms with Crippen LogP contribution in [-0.2, 0) is 30.7 Å². The molecule has 3 rings (SSSR count). The number of nitrogens with zero attached hydrogens (tertiary/aromatic N) is 2. The lowest BCUT2D eigenvalue weighted by Gasteiger charge is -2.31. The number of alkyl carbamates (subject to hydrolysis) is 1. The second-order valence-corrected chi connectivity index (χ2v) is 12.6. The number of carbonyl (C=O) groups is 2. The average molecular weight is 592 g/mol. The number of aromatic nitrogens is 1. The number of benzene rings is 2. The first kappa shape index (κ1) is 31.5. The molecule has 1 amide bonds. The number of ether oxygens (including phenoxy) is 2. The molecule has 0 bridgehead atoms. The van der Waals surface area contributed by atoms with Gasteiger partial charge in [-0.15, -0.1) is 11.3 Å². The zero-order valence-electron chi connectivity index (χ0n) is 23.1. The van der Waals surface area contributed by atoms with Crippen molar-refractivity contribution in [3.63, 3.8) is 0 Å². The third-order valence-corrected chi connectivity index (χ3v) is 9.22. The van der Waals surface area contributed by atoms with Crippen LogP contribution in [0.25, 0.3) is 10.2 Å². The van der Waals surface area contributed by atoms with E-state index in [2.05, 4.69) is 15.0 Å². The van der Waals surface area contributed by atoms with Crippen molar-refractivity contribution in [2.24, 2.45) is 5.92 Å². The number of sulfonamides is 1. The minimum Gasteiger partial charge on any atom is -0.469 e. The number of nitrogens with one attached hydrogen (secondary N) is 1. The molecule has 0 saturated carbocycles. The van der Waals surface area contributed by atoms with Crippen LogP contribution < -0.4 is 5.32 Å². The molecule has 3 aromatic rings. The number of carbonyl (C=O) groups excluding carboxylic acids is 2. The standard InChI is InChI=1S/C28H37N3O7S2/c1-5-19(2)16-31(40(35,36)22-11-12-23-26(15-22)39-18-29-23)17-25(32)24(14-21-9-7-6-8-10-21)30-28(34)38-20(3)13-27(33)37-4/h6-12,15,18-20,24-25,32H,5,13-14,16-17H2,1-4H3,(H,30,34)/t19-,20+,24-,25+/m0/s1. The van der Waals surface area contributed by atoms with Crippen LogP contribution in [0, 0.1) is 5.92 Å². The fourth-order valence-corrected chi connectivity index (χ4v) is 6.50. The molecular formula is C28H37N3O7S2. The van der Waals surface area contributed by atoms with Gasteiger partial charge < -0.3 is 19.9 Å². The number of rotatable bonds is 14. The Morgan fingerprint density at radius 2 is 1.85 bits per heavy atom. The summed E-state index contributed by atoms with van der Waals surface area (Å²) in [4.78, 5) is 28.6. The van der Waals surface area contributed by atoms with Gasteiger partial charge in [0.15, 0.2) is 0 Å². The van der Waals surface area contributed by atoms with Crippen LogP contribution in [0.3, 0.4) is 0 Å². The van der Waals surface area contributed by atoms with E-state index >= 15 is 0 Å². The van der Waals surface area contributed by atoms with Crippen molar-refractivity contribution in [1.82, 2.24) is 14.6 Å². The van der Waals surface area contributed by atoms with Crippen LogP contribution in [0.4, 0.5) is 4.79 Å². The smallest absolute Gasteiger partial charge is 0.407 e. The molecule has 1 heterocycles. The van der Waals surface area contributed by atoms with Crippen LogP contribution in [-0.4, -0.2) is 73.3 Å². The van der Waals surface area contributed by atoms with Crippen LogP contribution in [0.15, 0.2) is 58.9 Å². The SMILES string of the molecule is CC[C@H](C)CN(C[C@@H](O)[C@H](Cc1ccccc1)NC(=O)O[C@H](C)CC(=O)OC)S(=O)(=O)c1ccc2ncsc2c1. The van der Waals surface area contributed by atoms with Gasteiger partial charge in [-0.1, -0.05) is 50.6 Å². The van der Waals surface area contributed by atoms with Crippen molar-refractivity contribution in [1.29, 1.82) is 0 Å². The van der Waals surface area contributed by atoms with Gasteiger partial charge in [0.2, 0.25) is 10.0 Å². The summed E-state index contributed by atoms with van der Waals surface area (Å²) >= 11 is 1.35. The van der Waals surface area contributed by atoms with Crippen molar-refractivity contribution in [3.8, 4) is 0 Å². The Kier molecular flexibility index (Phi) is 11.4. The van der Waals surface area contributed by atoms with Gasteiger partial charge in [0, 0.05) is 13.1 Å². The lowest BCUT2D eigenvalue weighted by Crippen LogP contribution is -2.51. The van der Waals surface area contributed by atoms with Gasteiger partial charge in [0.05, 0.1) is 46.3 Å². The Morgan fingerprint density at radius 3 is 2.52 bits per heavy atom. The summed E-state index contributed by atoms with van der Waals surface area (Å²) in [7, 11) is -2.74. The molecule has 12 heteroatoms. The highest BCUT2D eigenvalue weighted by atomic mass is 32.2. The first-order chi connectivity index (χ1) is 19.0. The number of amides is 1. The highest BCUT2D eigenvalue weighted by Gasteiger charge is 2.32. The molecule has 1 aromatic heterocycles. The van der Waals surface area contributed by atoms with Crippen molar-refractivity contribution >= 4 is 43.6 Å². The van der Waals surface area contributed by atoms with E-state index in [-0.39, 0.29) is 36.7 Å². The minimum atomic E-state index is -3.98. The largest absolute Gasteiger partial charge is 0.469 e. The fourth-order valence-electron chi connectivity index (χ4n) is 4.11. The predicted molar refractivity (Wildman–Crippen MR) is 153 cm³/mol. The molecule has 0 radical (unpaired) electrons. The Morgan fingerprint density at radius 1 is 1.12 bits per heavy atom. The number of aliphatic hydroxyl groups excluding tert-OH is 1. The monoisotopic (exact) mass is 591 g/mol. The molecule has 0 aliphatic rings. The van der Waals surface area contributed by atoms with Gasteiger partial charge in [-0.3, -0.25) is 4.79 Å². The van der Waals surface area contributed by atoms with Gasteiger partial charge >= 0.3 is 12.1 Å². The fraction of sp³-hybridized carbons (Fsp3) is 0.464. The number of hydrogen-bond donors (Lipinski definition) is 2. The Balaban J connectivity index is 1.85. The van der Waals surface area contributed by atoms with E-state index in [0.717, 1.165) is 16.7 Å². The Labute approximate surface area is 239 Å². The molecule has 4 atom stereocenters. The minimum absolute atomic E-state index is 0.0266. The number of esters is 1. The van der Waals surface area contributed by atoms with Gasteiger partial charge in [-0.05, 0) is 43.0 Å². The van der Waals surface area contributed by atoms with Gasteiger partial charge in [-0.2, -0.15) is 4.31 Å². The number of hydrogen-bond acceptors (Lipinski definition) is 9. The molecule has 0 spiro atoms. The van der Waals surface area contributed by atoms with Crippen molar-refractivity contribution in [2.45, 2.75) is 63.2 Å². The summed E-state index contributed by atoms with van der Waals surface area (Å²) < 4.78 is 39.6. The van der Waals surface area contributed by atoms with E-state index < -0.39 is 40.3 Å². The molecule has 2 N–H and O–H groups in total. The topological polar surface area (TPSA) is 135 Å².